The molecule has 1 aromatic rings. The van der Waals surface area contributed by atoms with Crippen molar-refractivity contribution in [3.05, 3.63) is 35.1 Å². The summed E-state index contributed by atoms with van der Waals surface area (Å²) in [6.45, 7) is 4.23. The van der Waals surface area contributed by atoms with Crippen LogP contribution in [0.25, 0.3) is 0 Å². The first-order chi connectivity index (χ1) is 7.01. The molecule has 0 aliphatic heterocycles. The lowest BCUT2D eigenvalue weighted by Crippen LogP contribution is -2.32. The van der Waals surface area contributed by atoms with E-state index in [-0.39, 0.29) is 11.9 Å². The lowest BCUT2D eigenvalue weighted by Gasteiger charge is -2.19. The van der Waals surface area contributed by atoms with Crippen molar-refractivity contribution in [3.63, 3.8) is 0 Å². The predicted molar refractivity (Wildman–Crippen MR) is 60.2 cm³/mol. The van der Waals surface area contributed by atoms with Crippen molar-refractivity contribution in [2.45, 2.75) is 39.2 Å². The Morgan fingerprint density at radius 1 is 1.47 bits per heavy atom. The average molecular weight is 207 g/mol. The minimum absolute atomic E-state index is 0.163. The molecule has 2 rings (SSSR count). The Bertz CT molecular complexity index is 369. The summed E-state index contributed by atoms with van der Waals surface area (Å²) < 4.78 is 13.1. The van der Waals surface area contributed by atoms with E-state index in [2.05, 4.69) is 6.92 Å². The van der Waals surface area contributed by atoms with Crippen LogP contribution in [0.1, 0.15) is 30.9 Å². The summed E-state index contributed by atoms with van der Waals surface area (Å²) in [7, 11) is 0. The summed E-state index contributed by atoms with van der Waals surface area (Å²) in [5, 5.41) is 0. The molecular formula is C13H18FN. The quantitative estimate of drug-likeness (QED) is 0.810. The SMILES string of the molecule is Cc1ccc(F)cc1CC(N)C1(C)CC1. The highest BCUT2D eigenvalue weighted by Gasteiger charge is 2.42. The van der Waals surface area contributed by atoms with Gasteiger partial charge in [-0.3, -0.25) is 0 Å². The van der Waals surface area contributed by atoms with Gasteiger partial charge in [-0.15, -0.1) is 0 Å². The fourth-order valence-electron chi connectivity index (χ4n) is 1.91. The Morgan fingerprint density at radius 3 is 2.73 bits per heavy atom. The Morgan fingerprint density at radius 2 is 2.13 bits per heavy atom. The van der Waals surface area contributed by atoms with Gasteiger partial charge >= 0.3 is 0 Å². The lowest BCUT2D eigenvalue weighted by molar-refractivity contribution is 0.432. The molecule has 0 heterocycles. The first-order valence-corrected chi connectivity index (χ1v) is 5.52. The predicted octanol–water partition coefficient (Wildman–Crippen LogP) is 2.80. The molecule has 1 unspecified atom stereocenters. The summed E-state index contributed by atoms with van der Waals surface area (Å²) in [6, 6.07) is 5.11. The fraction of sp³-hybridized carbons (Fsp3) is 0.538. The summed E-state index contributed by atoms with van der Waals surface area (Å²) in [4.78, 5) is 0. The number of rotatable bonds is 3. The number of benzene rings is 1. The van der Waals surface area contributed by atoms with Crippen LogP contribution in [-0.2, 0) is 6.42 Å². The van der Waals surface area contributed by atoms with Crippen molar-refractivity contribution in [2.24, 2.45) is 11.1 Å². The molecule has 1 atom stereocenters. The number of aryl methyl sites for hydroxylation is 1. The number of nitrogens with two attached hydrogens (primary N) is 1. The zero-order valence-corrected chi connectivity index (χ0v) is 9.39. The zero-order chi connectivity index (χ0) is 11.1. The molecule has 1 nitrogen and oxygen atoms in total. The fourth-order valence-corrected chi connectivity index (χ4v) is 1.91. The zero-order valence-electron chi connectivity index (χ0n) is 9.39. The molecular weight excluding hydrogens is 189 g/mol. The third-order valence-electron chi connectivity index (χ3n) is 3.68. The van der Waals surface area contributed by atoms with Crippen LogP contribution in [0.3, 0.4) is 0 Å². The second-order valence-corrected chi connectivity index (χ2v) is 5.04. The highest BCUT2D eigenvalue weighted by atomic mass is 19.1. The minimum Gasteiger partial charge on any atom is -0.327 e. The Hall–Kier alpha value is -0.890. The Kier molecular flexibility index (Phi) is 2.55. The van der Waals surface area contributed by atoms with Gasteiger partial charge in [-0.2, -0.15) is 0 Å². The van der Waals surface area contributed by atoms with Crippen LogP contribution in [-0.4, -0.2) is 6.04 Å². The molecule has 1 saturated carbocycles. The molecule has 1 aromatic carbocycles. The largest absolute Gasteiger partial charge is 0.327 e. The summed E-state index contributed by atoms with van der Waals surface area (Å²) in [5.41, 5.74) is 8.63. The van der Waals surface area contributed by atoms with Gasteiger partial charge in [0.1, 0.15) is 5.82 Å². The van der Waals surface area contributed by atoms with E-state index in [9.17, 15) is 4.39 Å². The van der Waals surface area contributed by atoms with Crippen LogP contribution in [0.4, 0.5) is 4.39 Å². The van der Waals surface area contributed by atoms with Gasteiger partial charge < -0.3 is 5.73 Å². The highest BCUT2D eigenvalue weighted by Crippen LogP contribution is 2.48. The second-order valence-electron chi connectivity index (χ2n) is 5.04. The molecule has 0 aromatic heterocycles. The molecule has 1 fully saturated rings. The van der Waals surface area contributed by atoms with Crippen molar-refractivity contribution < 1.29 is 4.39 Å². The molecule has 82 valence electrons. The number of hydrogen-bond donors (Lipinski definition) is 1. The van der Waals surface area contributed by atoms with E-state index in [1.165, 1.54) is 18.9 Å². The normalized spacial score (nSPS) is 20.0. The first kappa shape index (κ1) is 10.6. The Labute approximate surface area is 90.5 Å². The van der Waals surface area contributed by atoms with Gasteiger partial charge in [-0.05, 0) is 54.9 Å². The van der Waals surface area contributed by atoms with Crippen LogP contribution in [0.15, 0.2) is 18.2 Å². The van der Waals surface area contributed by atoms with E-state index in [1.807, 2.05) is 13.0 Å². The molecule has 0 spiro atoms. The summed E-state index contributed by atoms with van der Waals surface area (Å²) in [6.07, 6.45) is 3.21. The maximum Gasteiger partial charge on any atom is 0.123 e. The van der Waals surface area contributed by atoms with Crippen molar-refractivity contribution >= 4 is 0 Å². The first-order valence-electron chi connectivity index (χ1n) is 5.52. The van der Waals surface area contributed by atoms with Crippen LogP contribution >= 0.6 is 0 Å². The standard InChI is InChI=1S/C13H18FN/c1-9-3-4-11(14)7-10(9)8-12(15)13(2)5-6-13/h3-4,7,12H,5-6,8,15H2,1-2H3. The third-order valence-corrected chi connectivity index (χ3v) is 3.68. The molecule has 2 N–H and O–H groups in total. The molecule has 0 amide bonds. The van der Waals surface area contributed by atoms with Crippen molar-refractivity contribution in [1.82, 2.24) is 0 Å². The van der Waals surface area contributed by atoms with Crippen LogP contribution < -0.4 is 5.73 Å². The molecule has 0 bridgehead atoms. The van der Waals surface area contributed by atoms with Crippen LogP contribution in [0.5, 0.6) is 0 Å². The van der Waals surface area contributed by atoms with Crippen molar-refractivity contribution in [1.29, 1.82) is 0 Å². The van der Waals surface area contributed by atoms with E-state index in [0.29, 0.717) is 5.41 Å². The monoisotopic (exact) mass is 207 g/mol. The summed E-state index contributed by atoms with van der Waals surface area (Å²) in [5.74, 6) is -0.163. The third kappa shape index (κ3) is 2.20. The molecule has 1 aliphatic carbocycles. The van der Waals surface area contributed by atoms with Gasteiger partial charge in [-0.25, -0.2) is 4.39 Å². The lowest BCUT2D eigenvalue weighted by atomic mass is 9.91. The highest BCUT2D eigenvalue weighted by molar-refractivity contribution is 5.28. The van der Waals surface area contributed by atoms with Gasteiger partial charge in [0.05, 0.1) is 0 Å². The van der Waals surface area contributed by atoms with Gasteiger partial charge in [0.15, 0.2) is 0 Å². The van der Waals surface area contributed by atoms with E-state index >= 15 is 0 Å². The maximum atomic E-state index is 13.1. The van der Waals surface area contributed by atoms with Crippen molar-refractivity contribution in [2.75, 3.05) is 0 Å². The Balaban J connectivity index is 2.13. The van der Waals surface area contributed by atoms with Gasteiger partial charge in [0.25, 0.3) is 0 Å². The second kappa shape index (κ2) is 3.60. The maximum absolute atomic E-state index is 13.1. The van der Waals surface area contributed by atoms with Gasteiger partial charge in [0, 0.05) is 6.04 Å². The molecule has 15 heavy (non-hydrogen) atoms. The van der Waals surface area contributed by atoms with Crippen LogP contribution in [0.2, 0.25) is 0 Å². The number of halogens is 1. The van der Waals surface area contributed by atoms with Gasteiger partial charge in [-0.1, -0.05) is 13.0 Å². The summed E-state index contributed by atoms with van der Waals surface area (Å²) >= 11 is 0. The van der Waals surface area contributed by atoms with Crippen molar-refractivity contribution in [3.8, 4) is 0 Å². The van der Waals surface area contributed by atoms with E-state index in [4.69, 9.17) is 5.73 Å². The molecule has 0 radical (unpaired) electrons. The average Bonchev–Trinajstić information content (AvgIpc) is 2.91. The number of hydrogen-bond acceptors (Lipinski definition) is 1. The van der Waals surface area contributed by atoms with E-state index in [1.54, 1.807) is 6.07 Å². The van der Waals surface area contributed by atoms with Crippen LogP contribution in [0, 0.1) is 18.2 Å². The van der Waals surface area contributed by atoms with Gasteiger partial charge in [0.2, 0.25) is 0 Å². The van der Waals surface area contributed by atoms with E-state index in [0.717, 1.165) is 17.5 Å². The molecule has 1 aliphatic rings. The topological polar surface area (TPSA) is 26.0 Å². The minimum atomic E-state index is -0.163. The smallest absolute Gasteiger partial charge is 0.123 e. The molecule has 0 saturated heterocycles. The van der Waals surface area contributed by atoms with E-state index < -0.39 is 0 Å². The molecule has 2 heteroatoms.